The molecule has 2 nitrogen and oxygen atoms in total. The molecular weight excluding hydrogens is 233 g/mol. The number of aryl methyl sites for hydroxylation is 1. The van der Waals surface area contributed by atoms with Gasteiger partial charge in [-0.25, -0.2) is 0 Å². The van der Waals surface area contributed by atoms with Crippen LogP contribution >= 0.6 is 0 Å². The first kappa shape index (κ1) is 12.2. The molecule has 17 heavy (non-hydrogen) atoms. The van der Waals surface area contributed by atoms with Gasteiger partial charge in [-0.2, -0.15) is 13.2 Å². The van der Waals surface area contributed by atoms with Crippen LogP contribution in [0.5, 0.6) is 5.75 Å². The molecule has 1 unspecified atom stereocenters. The van der Waals surface area contributed by atoms with Gasteiger partial charge >= 0.3 is 6.18 Å². The molecule has 1 aromatic carbocycles. The number of alkyl halides is 3. The van der Waals surface area contributed by atoms with Gasteiger partial charge in [-0.05, 0) is 42.5 Å². The third kappa shape index (κ3) is 1.78. The van der Waals surface area contributed by atoms with Crippen LogP contribution < -0.4 is 0 Å². The summed E-state index contributed by atoms with van der Waals surface area (Å²) in [6.45, 7) is 0. The van der Waals surface area contributed by atoms with E-state index in [1.165, 1.54) is 12.1 Å². The highest BCUT2D eigenvalue weighted by Gasteiger charge is 2.58. The smallest absolute Gasteiger partial charge is 0.421 e. The molecule has 0 spiro atoms. The number of ether oxygens (including phenoxy) is 1. The Morgan fingerprint density at radius 1 is 1.35 bits per heavy atom. The third-order valence-electron chi connectivity index (χ3n) is 3.31. The van der Waals surface area contributed by atoms with Crippen LogP contribution in [0.4, 0.5) is 13.2 Å². The van der Waals surface area contributed by atoms with Crippen molar-refractivity contribution >= 4 is 0 Å². The Morgan fingerprint density at radius 2 is 2.06 bits per heavy atom. The van der Waals surface area contributed by atoms with Crippen molar-refractivity contribution < 1.29 is 23.0 Å². The fourth-order valence-electron chi connectivity index (χ4n) is 2.44. The van der Waals surface area contributed by atoms with E-state index in [0.717, 1.165) is 13.2 Å². The second-order valence-corrected chi connectivity index (χ2v) is 4.22. The molecule has 1 atom stereocenters. The minimum Gasteiger partial charge on any atom is -0.508 e. The van der Waals surface area contributed by atoms with Crippen LogP contribution in [0.15, 0.2) is 18.2 Å². The Morgan fingerprint density at radius 3 is 2.65 bits per heavy atom. The molecule has 1 aromatic rings. The highest BCUT2D eigenvalue weighted by Crippen LogP contribution is 2.49. The van der Waals surface area contributed by atoms with Gasteiger partial charge in [0.25, 0.3) is 0 Å². The SMILES string of the molecule is COC1(C(F)(F)F)CCCc2ccc(O)cc21. The first-order chi connectivity index (χ1) is 7.90. The topological polar surface area (TPSA) is 29.5 Å². The number of benzene rings is 1. The normalized spacial score (nSPS) is 24.5. The predicted molar refractivity (Wildman–Crippen MR) is 55.8 cm³/mol. The molecule has 5 heteroatoms. The lowest BCUT2D eigenvalue weighted by atomic mass is 9.78. The van der Waals surface area contributed by atoms with Gasteiger partial charge in [-0.15, -0.1) is 0 Å². The summed E-state index contributed by atoms with van der Waals surface area (Å²) in [6.07, 6.45) is -3.59. The van der Waals surface area contributed by atoms with E-state index >= 15 is 0 Å². The van der Waals surface area contributed by atoms with Crippen LogP contribution in [0.3, 0.4) is 0 Å². The second-order valence-electron chi connectivity index (χ2n) is 4.22. The van der Waals surface area contributed by atoms with Crippen LogP contribution in [0.2, 0.25) is 0 Å². The quantitative estimate of drug-likeness (QED) is 0.824. The molecule has 94 valence electrons. The molecule has 0 amide bonds. The lowest BCUT2D eigenvalue weighted by Crippen LogP contribution is -2.46. The average molecular weight is 246 g/mol. The Kier molecular flexibility index (Phi) is 2.81. The number of hydrogen-bond donors (Lipinski definition) is 1. The fraction of sp³-hybridized carbons (Fsp3) is 0.500. The zero-order valence-corrected chi connectivity index (χ0v) is 9.34. The summed E-state index contributed by atoms with van der Waals surface area (Å²) in [5.41, 5.74) is -1.65. The van der Waals surface area contributed by atoms with Gasteiger partial charge in [0.2, 0.25) is 0 Å². The standard InChI is InChI=1S/C12H13F3O2/c1-17-11(12(13,14)15)6-2-3-8-4-5-9(16)7-10(8)11/h4-5,7,16H,2-3,6H2,1H3. The largest absolute Gasteiger partial charge is 0.508 e. The van der Waals surface area contributed by atoms with E-state index in [1.54, 1.807) is 0 Å². The molecule has 2 rings (SSSR count). The molecule has 0 saturated heterocycles. The second kappa shape index (κ2) is 3.91. The number of methoxy groups -OCH3 is 1. The van der Waals surface area contributed by atoms with Crippen molar-refractivity contribution in [1.29, 1.82) is 0 Å². The molecule has 1 N–H and O–H groups in total. The maximum absolute atomic E-state index is 13.2. The summed E-state index contributed by atoms with van der Waals surface area (Å²) in [6, 6.07) is 4.09. The van der Waals surface area contributed by atoms with Gasteiger partial charge in [-0.3, -0.25) is 0 Å². The summed E-state index contributed by atoms with van der Waals surface area (Å²) in [4.78, 5) is 0. The molecular formula is C12H13F3O2. The van der Waals surface area contributed by atoms with E-state index in [-0.39, 0.29) is 17.7 Å². The van der Waals surface area contributed by atoms with Crippen molar-refractivity contribution in [2.24, 2.45) is 0 Å². The molecule has 0 fully saturated rings. The Labute approximate surface area is 97.0 Å². The zero-order chi connectivity index (χ0) is 12.7. The Bertz CT molecular complexity index is 428. The monoisotopic (exact) mass is 246 g/mol. The summed E-state index contributed by atoms with van der Waals surface area (Å²) in [5, 5.41) is 9.36. The van der Waals surface area contributed by atoms with Crippen molar-refractivity contribution in [2.45, 2.75) is 31.0 Å². The minimum absolute atomic E-state index is 0.0405. The maximum atomic E-state index is 13.2. The van der Waals surface area contributed by atoms with E-state index in [9.17, 15) is 18.3 Å². The number of phenols is 1. The van der Waals surface area contributed by atoms with E-state index < -0.39 is 11.8 Å². The summed E-state index contributed by atoms with van der Waals surface area (Å²) in [5.74, 6) is -0.170. The van der Waals surface area contributed by atoms with Crippen molar-refractivity contribution in [1.82, 2.24) is 0 Å². The molecule has 1 aliphatic carbocycles. The molecule has 0 saturated carbocycles. The van der Waals surface area contributed by atoms with E-state index in [2.05, 4.69) is 0 Å². The fourth-order valence-corrected chi connectivity index (χ4v) is 2.44. The maximum Gasteiger partial charge on any atom is 0.421 e. The van der Waals surface area contributed by atoms with Gasteiger partial charge in [-0.1, -0.05) is 6.07 Å². The lowest BCUT2D eigenvalue weighted by Gasteiger charge is -2.39. The Balaban J connectivity index is 2.62. The molecule has 0 bridgehead atoms. The van der Waals surface area contributed by atoms with Gasteiger partial charge in [0, 0.05) is 7.11 Å². The predicted octanol–water partition coefficient (Wildman–Crippen LogP) is 3.13. The average Bonchev–Trinajstić information content (AvgIpc) is 2.26. The van der Waals surface area contributed by atoms with E-state index in [4.69, 9.17) is 4.74 Å². The molecule has 0 aliphatic heterocycles. The van der Waals surface area contributed by atoms with Gasteiger partial charge in [0.1, 0.15) is 5.75 Å². The van der Waals surface area contributed by atoms with E-state index in [1.807, 2.05) is 0 Å². The summed E-state index contributed by atoms with van der Waals surface area (Å²) in [7, 11) is 1.06. The number of halogens is 3. The zero-order valence-electron chi connectivity index (χ0n) is 9.34. The number of phenolic OH excluding ortho intramolecular Hbond substituents is 1. The van der Waals surface area contributed by atoms with Crippen LogP contribution in [0, 0.1) is 0 Å². The van der Waals surface area contributed by atoms with Gasteiger partial charge in [0.05, 0.1) is 0 Å². The lowest BCUT2D eigenvalue weighted by molar-refractivity contribution is -0.281. The van der Waals surface area contributed by atoms with Crippen LogP contribution in [-0.4, -0.2) is 18.4 Å². The Hall–Kier alpha value is -1.23. The first-order valence-corrected chi connectivity index (χ1v) is 5.35. The van der Waals surface area contributed by atoms with Crippen molar-refractivity contribution in [2.75, 3.05) is 7.11 Å². The number of rotatable bonds is 1. The third-order valence-corrected chi connectivity index (χ3v) is 3.31. The van der Waals surface area contributed by atoms with Crippen LogP contribution in [0.1, 0.15) is 24.0 Å². The minimum atomic E-state index is -4.48. The van der Waals surface area contributed by atoms with Crippen molar-refractivity contribution in [3.63, 3.8) is 0 Å². The van der Waals surface area contributed by atoms with Gasteiger partial charge in [0.15, 0.2) is 5.60 Å². The van der Waals surface area contributed by atoms with Crippen molar-refractivity contribution in [3.05, 3.63) is 29.3 Å². The first-order valence-electron chi connectivity index (χ1n) is 5.35. The summed E-state index contributed by atoms with van der Waals surface area (Å²) >= 11 is 0. The molecule has 0 radical (unpaired) electrons. The number of fused-ring (bicyclic) bond motifs is 1. The number of aromatic hydroxyl groups is 1. The van der Waals surface area contributed by atoms with Crippen LogP contribution in [0.25, 0.3) is 0 Å². The molecule has 1 aliphatic rings. The summed E-state index contributed by atoms with van der Waals surface area (Å²) < 4.78 is 44.4. The van der Waals surface area contributed by atoms with E-state index in [0.29, 0.717) is 18.4 Å². The highest BCUT2D eigenvalue weighted by molar-refractivity contribution is 5.41. The van der Waals surface area contributed by atoms with Gasteiger partial charge < -0.3 is 9.84 Å². The molecule has 0 aromatic heterocycles. The van der Waals surface area contributed by atoms with Crippen molar-refractivity contribution in [3.8, 4) is 5.75 Å². The highest BCUT2D eigenvalue weighted by atomic mass is 19.4. The number of hydrogen-bond acceptors (Lipinski definition) is 2. The molecule has 0 heterocycles. The van der Waals surface area contributed by atoms with Crippen LogP contribution in [-0.2, 0) is 16.8 Å².